The Hall–Kier alpha value is -1.85. The summed E-state index contributed by atoms with van der Waals surface area (Å²) in [5.74, 6) is -0.584. The van der Waals surface area contributed by atoms with Crippen LogP contribution in [0.4, 0.5) is 10.8 Å². The molecule has 1 heterocycles. The number of carbonyl (C=O) groups is 1. The fraction of sp³-hybridized carbons (Fsp3) is 0.118. The number of benzene rings is 2. The molecule has 152 valence electrons. The number of aromatic nitrogens is 2. The van der Waals surface area contributed by atoms with Gasteiger partial charge in [0.2, 0.25) is 11.0 Å². The van der Waals surface area contributed by atoms with Gasteiger partial charge in [0, 0.05) is 5.02 Å². The van der Waals surface area contributed by atoms with E-state index in [2.05, 4.69) is 15.5 Å². The van der Waals surface area contributed by atoms with Crippen molar-refractivity contribution in [2.24, 2.45) is 0 Å². The minimum Gasteiger partial charge on any atom is -0.299 e. The lowest BCUT2D eigenvalue weighted by Crippen LogP contribution is -2.38. The Bertz CT molecular complexity index is 1120. The zero-order valence-electron chi connectivity index (χ0n) is 14.9. The monoisotopic (exact) mass is 488 g/mol. The lowest BCUT2D eigenvalue weighted by Gasteiger charge is -2.24. The predicted octanol–water partition coefficient (Wildman–Crippen LogP) is 4.40. The Morgan fingerprint density at radius 1 is 1.17 bits per heavy atom. The molecule has 7 nitrogen and oxygen atoms in total. The molecule has 0 aliphatic rings. The highest BCUT2D eigenvalue weighted by Crippen LogP contribution is 2.32. The maximum absolute atomic E-state index is 13.2. The van der Waals surface area contributed by atoms with Gasteiger partial charge in [-0.25, -0.2) is 8.42 Å². The number of hydrogen-bond donors (Lipinski definition) is 1. The lowest BCUT2D eigenvalue weighted by atomic mass is 10.3. The molecule has 0 fully saturated rings. The Morgan fingerprint density at radius 3 is 2.52 bits per heavy atom. The summed E-state index contributed by atoms with van der Waals surface area (Å²) in [7, 11) is -4.07. The second-order valence-corrected chi connectivity index (χ2v) is 10.3. The number of amides is 1. The van der Waals surface area contributed by atoms with Crippen LogP contribution in [0.1, 0.15) is 0 Å². The van der Waals surface area contributed by atoms with Crippen LogP contribution in [0.2, 0.25) is 10.0 Å². The van der Waals surface area contributed by atoms with E-state index in [1.54, 1.807) is 18.2 Å². The van der Waals surface area contributed by atoms with E-state index in [1.807, 2.05) is 6.26 Å². The SMILES string of the molecule is CSc1nnc(NC(=O)CN(c2ccc(Cl)cc2Cl)S(=O)(=O)c2ccccc2)s1. The molecule has 0 saturated carbocycles. The van der Waals surface area contributed by atoms with E-state index in [0.29, 0.717) is 9.36 Å². The summed E-state index contributed by atoms with van der Waals surface area (Å²) in [4.78, 5) is 12.6. The van der Waals surface area contributed by atoms with Crippen LogP contribution >= 0.6 is 46.3 Å². The molecule has 0 unspecified atom stereocenters. The fourth-order valence-corrected chi connectivity index (χ4v) is 5.54. The molecule has 0 spiro atoms. The van der Waals surface area contributed by atoms with Crippen LogP contribution in [-0.2, 0) is 14.8 Å². The van der Waals surface area contributed by atoms with E-state index in [4.69, 9.17) is 23.2 Å². The summed E-state index contributed by atoms with van der Waals surface area (Å²) in [6.45, 7) is -0.507. The van der Waals surface area contributed by atoms with Crippen LogP contribution in [0.15, 0.2) is 57.8 Å². The van der Waals surface area contributed by atoms with Crippen LogP contribution in [0, 0.1) is 0 Å². The molecule has 0 radical (unpaired) electrons. The Labute approximate surface area is 186 Å². The van der Waals surface area contributed by atoms with Gasteiger partial charge in [0.25, 0.3) is 10.0 Å². The quantitative estimate of drug-likeness (QED) is 0.391. The summed E-state index contributed by atoms with van der Waals surface area (Å²) in [5.41, 5.74) is 0.136. The zero-order valence-corrected chi connectivity index (χ0v) is 18.8. The van der Waals surface area contributed by atoms with Gasteiger partial charge in [-0.2, -0.15) is 0 Å². The van der Waals surface area contributed by atoms with E-state index < -0.39 is 22.5 Å². The third-order valence-electron chi connectivity index (χ3n) is 3.62. The molecule has 1 aromatic heterocycles. The van der Waals surface area contributed by atoms with Gasteiger partial charge in [0.05, 0.1) is 15.6 Å². The molecular formula is C17H14Cl2N4O3S3. The van der Waals surface area contributed by atoms with Crippen LogP contribution < -0.4 is 9.62 Å². The lowest BCUT2D eigenvalue weighted by molar-refractivity contribution is -0.114. The van der Waals surface area contributed by atoms with Gasteiger partial charge in [-0.05, 0) is 36.6 Å². The number of sulfonamides is 1. The Balaban J connectivity index is 1.95. The number of anilines is 2. The maximum atomic E-state index is 13.2. The highest BCUT2D eigenvalue weighted by molar-refractivity contribution is 8.00. The molecule has 12 heteroatoms. The van der Waals surface area contributed by atoms with Gasteiger partial charge in [0.1, 0.15) is 6.54 Å². The average Bonchev–Trinajstić information content (AvgIpc) is 3.15. The highest BCUT2D eigenvalue weighted by Gasteiger charge is 2.29. The van der Waals surface area contributed by atoms with E-state index >= 15 is 0 Å². The second-order valence-electron chi connectivity index (χ2n) is 5.55. The average molecular weight is 489 g/mol. The molecule has 3 rings (SSSR count). The number of hydrogen-bond acceptors (Lipinski definition) is 7. The topological polar surface area (TPSA) is 92.3 Å². The summed E-state index contributed by atoms with van der Waals surface area (Å²) < 4.78 is 28.1. The highest BCUT2D eigenvalue weighted by atomic mass is 35.5. The van der Waals surface area contributed by atoms with Crippen molar-refractivity contribution in [2.45, 2.75) is 9.24 Å². The van der Waals surface area contributed by atoms with Gasteiger partial charge < -0.3 is 0 Å². The van der Waals surface area contributed by atoms with Crippen molar-refractivity contribution in [1.82, 2.24) is 10.2 Å². The molecular weight excluding hydrogens is 475 g/mol. The molecule has 3 aromatic rings. The first-order valence-corrected chi connectivity index (χ1v) is 12.2. The van der Waals surface area contributed by atoms with Crippen molar-refractivity contribution in [1.29, 1.82) is 0 Å². The minimum atomic E-state index is -4.07. The summed E-state index contributed by atoms with van der Waals surface area (Å²) in [5, 5.41) is 11.0. The Morgan fingerprint density at radius 2 is 1.90 bits per heavy atom. The van der Waals surface area contributed by atoms with Gasteiger partial charge in [-0.3, -0.25) is 14.4 Å². The number of thioether (sulfide) groups is 1. The van der Waals surface area contributed by atoms with Crippen LogP contribution in [-0.4, -0.2) is 37.3 Å². The molecule has 1 amide bonds. The van der Waals surface area contributed by atoms with Crippen molar-refractivity contribution in [3.8, 4) is 0 Å². The van der Waals surface area contributed by atoms with E-state index in [9.17, 15) is 13.2 Å². The standard InChI is InChI=1S/C17H14Cl2N4O3S3/c1-27-17-22-21-16(28-17)20-15(24)10-23(14-8-7-11(18)9-13(14)19)29(25,26)12-5-3-2-4-6-12/h2-9H,10H2,1H3,(H,20,21,24). The summed E-state index contributed by atoms with van der Waals surface area (Å²) >= 11 is 14.8. The molecule has 2 aromatic carbocycles. The molecule has 0 bridgehead atoms. The molecule has 0 aliphatic carbocycles. The zero-order chi connectivity index (χ0) is 21.0. The minimum absolute atomic E-state index is 0.0272. The molecule has 0 saturated heterocycles. The number of nitrogens with one attached hydrogen (secondary N) is 1. The molecule has 1 N–H and O–H groups in total. The first-order chi connectivity index (χ1) is 13.8. The summed E-state index contributed by atoms with van der Waals surface area (Å²) in [6, 6.07) is 12.2. The van der Waals surface area contributed by atoms with Gasteiger partial charge in [-0.1, -0.05) is 64.5 Å². The number of rotatable bonds is 7. The second kappa shape index (κ2) is 9.31. The van der Waals surface area contributed by atoms with Gasteiger partial charge in [-0.15, -0.1) is 10.2 Å². The maximum Gasteiger partial charge on any atom is 0.264 e. The molecule has 29 heavy (non-hydrogen) atoms. The van der Waals surface area contributed by atoms with Crippen molar-refractivity contribution < 1.29 is 13.2 Å². The van der Waals surface area contributed by atoms with Crippen LogP contribution in [0.3, 0.4) is 0 Å². The van der Waals surface area contributed by atoms with Crippen molar-refractivity contribution in [2.75, 3.05) is 22.4 Å². The van der Waals surface area contributed by atoms with E-state index in [1.165, 1.54) is 53.4 Å². The molecule has 0 aliphatic heterocycles. The number of halogens is 2. The van der Waals surface area contributed by atoms with Gasteiger partial charge >= 0.3 is 0 Å². The first kappa shape index (κ1) is 21.8. The summed E-state index contributed by atoms with van der Waals surface area (Å²) in [6.07, 6.45) is 1.84. The Kier molecular flexibility index (Phi) is 7.01. The third kappa shape index (κ3) is 5.20. The number of nitrogens with zero attached hydrogens (tertiary/aromatic N) is 3. The number of carbonyl (C=O) groups excluding carboxylic acids is 1. The van der Waals surface area contributed by atoms with Crippen LogP contribution in [0.25, 0.3) is 0 Å². The predicted molar refractivity (Wildman–Crippen MR) is 118 cm³/mol. The van der Waals surface area contributed by atoms with Crippen molar-refractivity contribution >= 4 is 73.0 Å². The fourth-order valence-electron chi connectivity index (χ4n) is 2.33. The third-order valence-corrected chi connectivity index (χ3v) is 7.75. The normalized spacial score (nSPS) is 11.3. The van der Waals surface area contributed by atoms with Gasteiger partial charge in [0.15, 0.2) is 4.34 Å². The van der Waals surface area contributed by atoms with E-state index in [0.717, 1.165) is 4.31 Å². The van der Waals surface area contributed by atoms with Crippen molar-refractivity contribution in [3.63, 3.8) is 0 Å². The van der Waals surface area contributed by atoms with Crippen molar-refractivity contribution in [3.05, 3.63) is 58.6 Å². The van der Waals surface area contributed by atoms with E-state index in [-0.39, 0.29) is 20.7 Å². The van der Waals surface area contributed by atoms with Crippen LogP contribution in [0.5, 0.6) is 0 Å². The first-order valence-electron chi connectivity index (χ1n) is 8.01. The largest absolute Gasteiger partial charge is 0.299 e. The molecule has 0 atom stereocenters. The smallest absolute Gasteiger partial charge is 0.264 e.